The minimum absolute atomic E-state index is 0.0223. The minimum Gasteiger partial charge on any atom is -0.467 e. The van der Waals surface area contributed by atoms with Crippen LogP contribution in [-0.4, -0.2) is 88.5 Å². The summed E-state index contributed by atoms with van der Waals surface area (Å²) in [4.78, 5) is 39.2. The molecular weight excluding hydrogens is 496 g/mol. The number of hydrogen-bond donors (Lipinski definition) is 4. The number of rotatable bonds is 5. The maximum atomic E-state index is 13.8. The van der Waals surface area contributed by atoms with Crippen LogP contribution in [0.3, 0.4) is 0 Å². The van der Waals surface area contributed by atoms with Crippen molar-refractivity contribution >= 4 is 17.5 Å². The quantitative estimate of drug-likeness (QED) is 0.368. The fourth-order valence-corrected chi connectivity index (χ4v) is 9.14. The average Bonchev–Trinajstić information content (AvgIpc) is 3.23. The Kier molecular flexibility index (Phi) is 7.54. The lowest BCUT2D eigenvalue weighted by atomic mass is 9.44. The van der Waals surface area contributed by atoms with Gasteiger partial charge in [-0.3, -0.25) is 9.59 Å². The van der Waals surface area contributed by atoms with Crippen LogP contribution in [-0.2, 0) is 28.6 Å². The molecule has 0 aromatic carbocycles. The molecule has 5 aliphatic rings. The van der Waals surface area contributed by atoms with Gasteiger partial charge in [-0.2, -0.15) is 0 Å². The predicted molar refractivity (Wildman–Crippen MR) is 131 cm³/mol. The number of aliphatic hydroxyl groups is 4. The number of esters is 1. The zero-order valence-corrected chi connectivity index (χ0v) is 22.5. The van der Waals surface area contributed by atoms with Crippen LogP contribution >= 0.6 is 0 Å². The number of carbonyl (C=O) groups excluding carboxylic acids is 3. The molecule has 13 atom stereocenters. The molecule has 5 fully saturated rings. The Morgan fingerprint density at radius 1 is 0.974 bits per heavy atom. The summed E-state index contributed by atoms with van der Waals surface area (Å²) in [7, 11) is 1.10. The molecule has 10 heteroatoms. The molecule has 0 amide bonds. The van der Waals surface area contributed by atoms with Crippen molar-refractivity contribution in [1.29, 1.82) is 0 Å². The predicted octanol–water partition coefficient (Wildman–Crippen LogP) is 0.752. The van der Waals surface area contributed by atoms with Crippen LogP contribution < -0.4 is 0 Å². The summed E-state index contributed by atoms with van der Waals surface area (Å²) >= 11 is 0. The maximum Gasteiger partial charge on any atom is 0.337 e. The van der Waals surface area contributed by atoms with E-state index in [-0.39, 0.29) is 46.8 Å². The molecular formula is C28H42O10. The van der Waals surface area contributed by atoms with E-state index in [2.05, 4.69) is 18.6 Å². The largest absolute Gasteiger partial charge is 0.467 e. The highest BCUT2D eigenvalue weighted by Crippen LogP contribution is 2.66. The zero-order valence-electron chi connectivity index (χ0n) is 22.5. The number of methoxy groups -OCH3 is 1. The first kappa shape index (κ1) is 28.1. The smallest absolute Gasteiger partial charge is 0.337 e. The second-order valence-electron chi connectivity index (χ2n) is 12.9. The van der Waals surface area contributed by atoms with Gasteiger partial charge in [0.05, 0.1) is 13.2 Å². The lowest BCUT2D eigenvalue weighted by Gasteiger charge is -2.59. The minimum atomic E-state index is -1.72. The number of hydrogen-bond acceptors (Lipinski definition) is 10. The molecule has 4 N–H and O–H groups in total. The van der Waals surface area contributed by atoms with Gasteiger partial charge in [-0.25, -0.2) is 4.79 Å². The van der Waals surface area contributed by atoms with Gasteiger partial charge in [0.15, 0.2) is 18.2 Å². The Labute approximate surface area is 223 Å². The van der Waals surface area contributed by atoms with Crippen LogP contribution in [0.5, 0.6) is 0 Å². The molecule has 1 heterocycles. The van der Waals surface area contributed by atoms with Gasteiger partial charge in [-0.1, -0.05) is 13.8 Å². The summed E-state index contributed by atoms with van der Waals surface area (Å²) in [5.41, 5.74) is -0.575. The Bertz CT molecular complexity index is 954. The first-order valence-electron chi connectivity index (χ1n) is 14.0. The molecule has 0 aromatic heterocycles. The van der Waals surface area contributed by atoms with Gasteiger partial charge in [-0.05, 0) is 73.5 Å². The third-order valence-electron chi connectivity index (χ3n) is 11.1. The van der Waals surface area contributed by atoms with Gasteiger partial charge in [0, 0.05) is 18.3 Å². The number of ether oxygens (including phenoxy) is 3. The third-order valence-corrected chi connectivity index (χ3v) is 11.1. The standard InChI is InChI=1S/C28H42O10/c1-27-9-8-14(29)10-13(27)4-5-15-16-6-7-17(28(16,2)11-18(30)20(15)27)19(31)12-37-26-23(34)21(32)22(33)24(38-26)25(35)36-3/h13-17,20-24,26,29,32-34H,4-12H2,1-3H3/t13-,14-,15+,16-,17+,20+,21-,22-,23+,24-,26+,27+,28+/m1/s1. The highest BCUT2D eigenvalue weighted by molar-refractivity contribution is 5.88. The van der Waals surface area contributed by atoms with Crippen molar-refractivity contribution in [3.05, 3.63) is 0 Å². The summed E-state index contributed by atoms with van der Waals surface area (Å²) in [6.45, 7) is 3.89. The zero-order chi connectivity index (χ0) is 27.6. The molecule has 1 aliphatic heterocycles. The summed E-state index contributed by atoms with van der Waals surface area (Å²) in [6.07, 6.45) is -2.24. The SMILES string of the molecule is COC(=O)[C@@H]1O[C@H](OCC(=O)[C@@H]2CC[C@@H]3[C@@H]4CC[C@@H]5C[C@H](O)CC[C@]5(C)[C@@H]4C(=O)C[C@@]32C)[C@@H](O)[C@H](O)[C@H]1O. The number of carbonyl (C=O) groups is 3. The van der Waals surface area contributed by atoms with E-state index in [0.29, 0.717) is 18.8 Å². The van der Waals surface area contributed by atoms with Crippen molar-refractivity contribution in [3.8, 4) is 0 Å². The molecule has 0 unspecified atom stereocenters. The molecule has 0 spiro atoms. The number of aliphatic hydroxyl groups excluding tert-OH is 4. The lowest BCUT2D eigenvalue weighted by Crippen LogP contribution is -2.60. The first-order valence-corrected chi connectivity index (χ1v) is 14.0. The van der Waals surface area contributed by atoms with E-state index in [0.717, 1.165) is 45.6 Å². The Morgan fingerprint density at radius 2 is 1.71 bits per heavy atom. The molecule has 4 saturated carbocycles. The molecule has 38 heavy (non-hydrogen) atoms. The van der Waals surface area contributed by atoms with E-state index in [1.54, 1.807) is 0 Å². The number of Topliss-reactive ketones (excluding diaryl/α,β-unsaturated/α-hetero) is 2. The fourth-order valence-electron chi connectivity index (χ4n) is 9.14. The molecule has 10 nitrogen and oxygen atoms in total. The average molecular weight is 539 g/mol. The van der Waals surface area contributed by atoms with Crippen LogP contribution in [0.25, 0.3) is 0 Å². The van der Waals surface area contributed by atoms with Crippen LogP contribution in [0, 0.1) is 40.4 Å². The van der Waals surface area contributed by atoms with E-state index in [4.69, 9.17) is 9.47 Å². The topological polar surface area (TPSA) is 160 Å². The number of ketones is 2. The normalized spacial score (nSPS) is 50.5. The summed E-state index contributed by atoms with van der Waals surface area (Å²) in [5.74, 6) is -0.457. The van der Waals surface area contributed by atoms with E-state index in [9.17, 15) is 34.8 Å². The highest BCUT2D eigenvalue weighted by atomic mass is 16.7. The van der Waals surface area contributed by atoms with Crippen LogP contribution in [0.4, 0.5) is 0 Å². The van der Waals surface area contributed by atoms with Gasteiger partial charge < -0.3 is 34.6 Å². The second-order valence-corrected chi connectivity index (χ2v) is 12.9. The summed E-state index contributed by atoms with van der Waals surface area (Å²) in [6, 6.07) is 0. The van der Waals surface area contributed by atoms with Gasteiger partial charge in [0.25, 0.3) is 0 Å². The van der Waals surface area contributed by atoms with Crippen molar-refractivity contribution in [2.45, 2.75) is 102 Å². The van der Waals surface area contributed by atoms with Crippen molar-refractivity contribution < 1.29 is 49.0 Å². The van der Waals surface area contributed by atoms with E-state index < -0.39 is 48.7 Å². The van der Waals surface area contributed by atoms with Crippen molar-refractivity contribution in [1.82, 2.24) is 0 Å². The van der Waals surface area contributed by atoms with Gasteiger partial charge in [0.1, 0.15) is 30.7 Å². The van der Waals surface area contributed by atoms with Crippen LogP contribution in [0.15, 0.2) is 0 Å². The Hall–Kier alpha value is -1.43. The van der Waals surface area contributed by atoms with E-state index in [1.807, 2.05) is 0 Å². The highest BCUT2D eigenvalue weighted by Gasteiger charge is 2.64. The van der Waals surface area contributed by atoms with E-state index >= 15 is 0 Å². The van der Waals surface area contributed by atoms with Gasteiger partial charge in [-0.15, -0.1) is 0 Å². The van der Waals surface area contributed by atoms with Gasteiger partial charge >= 0.3 is 5.97 Å². The molecule has 0 aromatic rings. The Morgan fingerprint density at radius 3 is 2.42 bits per heavy atom. The third kappa shape index (κ3) is 4.36. The van der Waals surface area contributed by atoms with Crippen molar-refractivity contribution in [2.24, 2.45) is 40.4 Å². The van der Waals surface area contributed by atoms with Crippen LogP contribution in [0.2, 0.25) is 0 Å². The summed E-state index contributed by atoms with van der Waals surface area (Å²) in [5, 5.41) is 40.8. The fraction of sp³-hybridized carbons (Fsp3) is 0.893. The lowest BCUT2D eigenvalue weighted by molar-refractivity contribution is -0.293. The first-order chi connectivity index (χ1) is 17.9. The molecule has 0 bridgehead atoms. The van der Waals surface area contributed by atoms with Crippen molar-refractivity contribution in [3.63, 3.8) is 0 Å². The monoisotopic (exact) mass is 538 g/mol. The van der Waals surface area contributed by atoms with Gasteiger partial charge in [0.2, 0.25) is 0 Å². The Balaban J connectivity index is 1.27. The molecule has 1 saturated heterocycles. The van der Waals surface area contributed by atoms with Crippen LogP contribution in [0.1, 0.15) is 65.2 Å². The number of fused-ring (bicyclic) bond motifs is 5. The molecule has 0 radical (unpaired) electrons. The summed E-state index contributed by atoms with van der Waals surface area (Å²) < 4.78 is 15.5. The molecule has 5 rings (SSSR count). The maximum absolute atomic E-state index is 13.8. The second kappa shape index (κ2) is 10.2. The molecule has 214 valence electrons. The molecule has 4 aliphatic carbocycles. The van der Waals surface area contributed by atoms with Crippen molar-refractivity contribution in [2.75, 3.05) is 13.7 Å². The van der Waals surface area contributed by atoms with E-state index in [1.165, 1.54) is 0 Å².